The average molecular weight is 3360 g/mol. The van der Waals surface area contributed by atoms with Crippen LogP contribution in [0.5, 0.6) is 0 Å². The van der Waals surface area contributed by atoms with Crippen LogP contribution in [0.2, 0.25) is 0 Å². The molecule has 0 heterocycles. The van der Waals surface area contributed by atoms with Gasteiger partial charge >= 0.3 is 510 Å². The van der Waals surface area contributed by atoms with E-state index >= 15 is 0 Å². The van der Waals surface area contributed by atoms with Crippen molar-refractivity contribution >= 4 is 15.6 Å². The van der Waals surface area contributed by atoms with Gasteiger partial charge in [0.1, 0.15) is 0 Å². The number of rotatable bonds is 8. The maximum atomic E-state index is 7.00. The fourth-order valence-electron chi connectivity index (χ4n) is 10.6. The van der Waals surface area contributed by atoms with Gasteiger partial charge in [-0.25, -0.2) is 70.8 Å². The third-order valence-corrected chi connectivity index (χ3v) is 21.1. The molecule has 0 N–H and O–H groups in total. The first-order chi connectivity index (χ1) is 44.9. The molecule has 0 amide bonds. The Morgan fingerprint density at radius 3 is 0.990 bits per heavy atom. The predicted molar refractivity (Wildman–Crippen MR) is 380 cm³/mol. The molecule has 0 bridgehead atoms. The van der Waals surface area contributed by atoms with Gasteiger partial charge in [0.05, 0.1) is 0 Å². The predicted octanol–water partition coefficient (Wildman–Crippen LogP) is 18.6. The summed E-state index contributed by atoms with van der Waals surface area (Å²) < 4.78 is 5.24. The zero-order valence-corrected chi connectivity index (χ0v) is 91.1. The molecule has 504 valence electrons. The zero-order valence-electron chi connectivity index (χ0n) is 55.9. The molecule has 0 spiro atoms. The van der Waals surface area contributed by atoms with E-state index in [-0.39, 0.29) is 169 Å². The van der Waals surface area contributed by atoms with Crippen molar-refractivity contribution in [3.63, 3.8) is 0 Å². The maximum Gasteiger partial charge on any atom is 2.00 e. The van der Waals surface area contributed by atoms with E-state index in [1.807, 2.05) is 84.9 Å². The van der Waals surface area contributed by atoms with Gasteiger partial charge < -0.3 is 55.7 Å². The monoisotopic (exact) mass is 3360 g/mol. The molecular formula is C88H64O2W12-4. The molecule has 0 saturated carbocycles. The average Bonchev–Trinajstić information content (AvgIpc) is 0.807. The molecule has 102 heavy (non-hydrogen) atoms. The van der Waals surface area contributed by atoms with E-state index in [4.69, 9.17) is 9.93 Å². The van der Waals surface area contributed by atoms with Gasteiger partial charge in [0.15, 0.2) is 0 Å². The van der Waals surface area contributed by atoms with Gasteiger partial charge in [-0.2, -0.15) is 34.4 Å². The largest absolute Gasteiger partial charge is 2.00 e. The van der Waals surface area contributed by atoms with Crippen LogP contribution in [-0.2, 0) is 259 Å². The van der Waals surface area contributed by atoms with Crippen LogP contribution >= 0.6 is 0 Å². The minimum Gasteiger partial charge on any atom is -0.373 e. The number of allylic oxidation sites excluding steroid dienone is 20. The van der Waals surface area contributed by atoms with Crippen LogP contribution in [0.4, 0.5) is 0 Å². The van der Waals surface area contributed by atoms with Crippen LogP contribution < -0.4 is 0 Å². The van der Waals surface area contributed by atoms with Gasteiger partial charge in [0.25, 0.3) is 0 Å². The topological polar surface area (TPSA) is 34.1 Å². The van der Waals surface area contributed by atoms with Crippen molar-refractivity contribution in [2.24, 2.45) is 0 Å². The number of hydrogen-bond acceptors (Lipinski definition) is 2. The van der Waals surface area contributed by atoms with Crippen LogP contribution in [0, 0.1) is 148 Å². The minimum absolute atomic E-state index is 0. The Hall–Kier alpha value is -3.06. The molecule has 2 nitrogen and oxygen atoms in total. The van der Waals surface area contributed by atoms with Crippen LogP contribution in [0.25, 0.3) is 44.5 Å². The summed E-state index contributed by atoms with van der Waals surface area (Å²) in [6.45, 7) is 53.1. The Labute approximate surface area is 767 Å². The van der Waals surface area contributed by atoms with Gasteiger partial charge in [0.2, 0.25) is 0 Å². The van der Waals surface area contributed by atoms with Crippen LogP contribution in [0.15, 0.2) is 238 Å². The molecule has 8 aromatic rings. The number of aryl methyl sites for hydroxylation is 1. The Kier molecular flexibility index (Phi) is 46.2. The molecule has 0 aliphatic heterocycles. The van der Waals surface area contributed by atoms with E-state index in [0.717, 1.165) is 140 Å². The molecule has 0 atom stereocenters. The van der Waals surface area contributed by atoms with Crippen molar-refractivity contribution in [2.45, 2.75) is 26.7 Å². The summed E-state index contributed by atoms with van der Waals surface area (Å²) in [5, 5.41) is 0. The second-order valence-electron chi connectivity index (χ2n) is 22.6. The van der Waals surface area contributed by atoms with Crippen LogP contribution in [-0.4, -0.2) is 15.6 Å². The summed E-state index contributed by atoms with van der Waals surface area (Å²) in [5.41, 5.74) is 32.4. The molecule has 8 aromatic carbocycles. The molecule has 0 radical (unpaired) electrons. The summed E-state index contributed by atoms with van der Waals surface area (Å²) in [6.07, 6.45) is 23.4. The quantitative estimate of drug-likeness (QED) is 0.142. The molecule has 4 aliphatic carbocycles. The Morgan fingerprint density at radius 1 is 0.314 bits per heavy atom. The van der Waals surface area contributed by atoms with Gasteiger partial charge in [-0.15, -0.1) is 18.2 Å². The van der Waals surface area contributed by atoms with Crippen molar-refractivity contribution in [2.75, 3.05) is 0 Å². The van der Waals surface area contributed by atoms with Gasteiger partial charge in [0, 0.05) is 9.93 Å². The van der Waals surface area contributed by atoms with E-state index < -0.39 is 0 Å². The fraction of sp³-hybridized carbons (Fsp3) is 0.0455. The SMILES string of the molecule is O=O.[CH2-]C1=C/C(=C2/C=C([CH2-])[C](=[W])C(Cc3[c-]c([CH2-])cc(-c4cc([CH2-])[c-]c(C)c4)c3)=C2)C(C)=C[C]1=[W].[CH2-]C1=C/C(=C2\C=C[C](=[W])C([CH2-])=C2)C=C[C]1=[W].[CH2-]c1[c-]ccc(-c2cc([CH2-])[c-]c(Cc3[c-]c([CH2-])cc(-c4cc[c-]c([CH2-])c4)c3)c2)c1.[CH2-]c1[c-]ccc(-c2cc[c-]c([CH2-])c2)c1.[W+2].[W+2].[W+2].[W+2].[W+2].[W+2].[W+2].[W+2]. The summed E-state index contributed by atoms with van der Waals surface area (Å²) in [6, 6.07) is 66.4. The van der Waals surface area contributed by atoms with Crippen molar-refractivity contribution in [1.82, 2.24) is 0 Å². The Balaban J connectivity index is 0.00000135. The standard InChI is InChI=1S/C31H24.C29H20.2C14H10.O2.12W/c1-20-7-8-25(6)31(16-20)30-15-24(5)11-27(19-30)17-26-10-23(4)14-29(18-26)28-12-21(2)9-22(3)13-28;1-20-7-5-9-26(13-20)28-15-22(3)11-24(18-28)17-25-12-23(4)16-29(19-25)27-10-6-8-21(2)14-27;2*1-11-5-3-7-13(9-11)14-8-4-6-12(2)10-14;1-2;;;;;;;;;;;;/h8,12-16,18-19H,1-2,4-5,17H2,3,6H3;5-6,9-10,13-16,18-19H,1-4,17H2;2*3-4,7-10H,1-2H2;;;;;;;;;;;;;/q-6;-8;-2;-4;;;;;;8*+2/b31-30+;;14-13+;;;;;;;;;;;;;;. The smallest absolute Gasteiger partial charge is 0.373 e. The molecular weight excluding hydrogens is 3300 g/mol. The van der Waals surface area contributed by atoms with Crippen molar-refractivity contribution in [1.29, 1.82) is 0 Å². The normalized spacial score (nSPS) is 14.3. The second kappa shape index (κ2) is 47.7. The van der Waals surface area contributed by atoms with E-state index in [2.05, 4.69) is 243 Å². The first-order valence-corrected chi connectivity index (χ1v) is 35.4. The molecule has 14 heteroatoms. The third-order valence-electron chi connectivity index (χ3n) is 15.0. The van der Waals surface area contributed by atoms with Crippen molar-refractivity contribution in [3.8, 4) is 44.5 Å². The molecule has 4 aliphatic rings. The first-order valence-electron chi connectivity index (χ1n) is 29.5. The van der Waals surface area contributed by atoms with E-state index in [9.17, 15) is 0 Å². The van der Waals surface area contributed by atoms with Crippen LogP contribution in [0.3, 0.4) is 0 Å². The number of benzene rings is 8. The summed E-state index contributed by atoms with van der Waals surface area (Å²) in [7, 11) is 0. The van der Waals surface area contributed by atoms with E-state index in [0.29, 0.717) is 6.42 Å². The van der Waals surface area contributed by atoms with E-state index in [1.165, 1.54) is 126 Å². The van der Waals surface area contributed by atoms with Crippen molar-refractivity contribution in [3.05, 3.63) is 446 Å². The van der Waals surface area contributed by atoms with Crippen molar-refractivity contribution < 1.29 is 246 Å². The molecule has 0 fully saturated rings. The molecule has 0 saturated heterocycles. The summed E-state index contributed by atoms with van der Waals surface area (Å²) in [4.78, 5) is 14.0. The maximum absolute atomic E-state index is 7.00. The van der Waals surface area contributed by atoms with Gasteiger partial charge in [-0.3, -0.25) is 73.9 Å². The number of hydrogen-bond donors (Lipinski definition) is 0. The summed E-state index contributed by atoms with van der Waals surface area (Å²) >= 11 is 5.82. The Bertz CT molecular complexity index is 4450. The van der Waals surface area contributed by atoms with Crippen LogP contribution in [0.1, 0.15) is 73.7 Å². The minimum atomic E-state index is 0. The second-order valence-corrected chi connectivity index (χ2v) is 28.9. The molecule has 0 unspecified atom stereocenters. The van der Waals surface area contributed by atoms with Gasteiger partial charge in [-0.1, -0.05) is 6.42 Å². The molecule has 12 rings (SSSR count). The summed E-state index contributed by atoms with van der Waals surface area (Å²) in [5.74, 6) is 0. The Morgan fingerprint density at radius 2 is 0.627 bits per heavy atom. The van der Waals surface area contributed by atoms with E-state index in [1.54, 1.807) is 0 Å². The zero-order chi connectivity index (χ0) is 67.9. The van der Waals surface area contributed by atoms with Gasteiger partial charge in [-0.05, 0) is 0 Å². The third kappa shape index (κ3) is 29.2. The fourth-order valence-corrected chi connectivity index (χ4v) is 13.1. The molecule has 0 aromatic heterocycles. The first kappa shape index (κ1) is 98.9.